The van der Waals surface area contributed by atoms with Gasteiger partial charge in [-0.3, -0.25) is 4.79 Å². The van der Waals surface area contributed by atoms with Crippen molar-refractivity contribution in [3.05, 3.63) is 35.7 Å². The molecule has 1 saturated heterocycles. The zero-order valence-electron chi connectivity index (χ0n) is 16.2. The molecule has 2 aliphatic rings. The Hall–Kier alpha value is -2.70. The van der Waals surface area contributed by atoms with Crippen molar-refractivity contribution in [1.29, 1.82) is 0 Å². The molecule has 0 atom stereocenters. The number of nitrogens with zero attached hydrogens (tertiary/aromatic N) is 5. The summed E-state index contributed by atoms with van der Waals surface area (Å²) in [6.45, 7) is 7.65. The molecule has 1 N–H and O–H groups in total. The number of carbonyl (C=O) groups is 1. The highest BCUT2D eigenvalue weighted by Crippen LogP contribution is 2.37. The van der Waals surface area contributed by atoms with Gasteiger partial charge < -0.3 is 15.1 Å². The average molecular weight is 366 g/mol. The van der Waals surface area contributed by atoms with E-state index in [2.05, 4.69) is 38.9 Å². The zero-order chi connectivity index (χ0) is 19.0. The van der Waals surface area contributed by atoms with Crippen LogP contribution in [0, 0.1) is 5.41 Å². The number of rotatable bonds is 3. The first-order valence-corrected chi connectivity index (χ1v) is 9.50. The maximum absolute atomic E-state index is 12.6. The largest absolute Gasteiger partial charge is 0.372 e. The monoisotopic (exact) mass is 366 g/mol. The van der Waals surface area contributed by atoms with Gasteiger partial charge in [-0.05, 0) is 24.0 Å². The number of anilines is 3. The molecule has 7 heteroatoms. The Morgan fingerprint density at radius 2 is 1.78 bits per heavy atom. The number of carbonyl (C=O) groups excluding carboxylic acids is 1. The highest BCUT2D eigenvalue weighted by Gasteiger charge is 2.35. The number of ketones is 1. The van der Waals surface area contributed by atoms with E-state index in [9.17, 15) is 4.79 Å². The number of aromatic nitrogens is 3. The van der Waals surface area contributed by atoms with E-state index >= 15 is 0 Å². The van der Waals surface area contributed by atoms with Crippen LogP contribution in [0.5, 0.6) is 0 Å². The maximum atomic E-state index is 12.6. The zero-order valence-corrected chi connectivity index (χ0v) is 16.2. The molecule has 2 aromatic rings. The van der Waals surface area contributed by atoms with Crippen molar-refractivity contribution >= 4 is 23.4 Å². The number of fused-ring (bicyclic) bond motifs is 1. The van der Waals surface area contributed by atoms with Crippen molar-refractivity contribution in [2.75, 3.05) is 48.3 Å². The van der Waals surface area contributed by atoms with Gasteiger partial charge in [-0.25, -0.2) is 9.97 Å². The van der Waals surface area contributed by atoms with E-state index in [-0.39, 0.29) is 11.2 Å². The smallest absolute Gasteiger partial charge is 0.227 e. The fourth-order valence-electron chi connectivity index (χ4n) is 3.95. The minimum atomic E-state index is -0.0571. The van der Waals surface area contributed by atoms with Crippen LogP contribution in [0.3, 0.4) is 0 Å². The Bertz CT molecular complexity index is 843. The van der Waals surface area contributed by atoms with Gasteiger partial charge in [0.05, 0.1) is 11.3 Å². The van der Waals surface area contributed by atoms with Crippen LogP contribution in [0.1, 0.15) is 36.3 Å². The summed E-state index contributed by atoms with van der Waals surface area (Å²) < 4.78 is 0. The minimum Gasteiger partial charge on any atom is -0.372 e. The van der Waals surface area contributed by atoms with E-state index in [0.717, 1.165) is 44.1 Å². The molecule has 0 amide bonds. The average Bonchev–Trinajstić information content (AvgIpc) is 2.66. The van der Waals surface area contributed by atoms with Gasteiger partial charge in [0.2, 0.25) is 5.95 Å². The molecule has 2 aromatic heterocycles. The van der Waals surface area contributed by atoms with Crippen molar-refractivity contribution < 1.29 is 4.79 Å². The lowest BCUT2D eigenvalue weighted by Gasteiger charge is -2.36. The third-order valence-electron chi connectivity index (χ3n) is 5.31. The van der Waals surface area contributed by atoms with Crippen molar-refractivity contribution in [2.24, 2.45) is 5.41 Å². The topological polar surface area (TPSA) is 74.2 Å². The lowest BCUT2D eigenvalue weighted by molar-refractivity contribution is 0.0911. The first-order valence-electron chi connectivity index (χ1n) is 9.50. The molecule has 0 saturated carbocycles. The van der Waals surface area contributed by atoms with E-state index in [1.165, 1.54) is 0 Å². The Morgan fingerprint density at radius 3 is 2.44 bits per heavy atom. The number of hydrogen-bond donors (Lipinski definition) is 1. The van der Waals surface area contributed by atoms with E-state index < -0.39 is 0 Å². The molecule has 0 unspecified atom stereocenters. The van der Waals surface area contributed by atoms with Crippen LogP contribution in [0.25, 0.3) is 0 Å². The third-order valence-corrected chi connectivity index (χ3v) is 5.31. The number of piperazine rings is 1. The van der Waals surface area contributed by atoms with Crippen LogP contribution in [0.4, 0.5) is 17.6 Å². The van der Waals surface area contributed by atoms with E-state index in [1.54, 1.807) is 0 Å². The predicted octanol–water partition coefficient (Wildman–Crippen LogP) is 2.40. The molecule has 27 heavy (non-hydrogen) atoms. The second kappa shape index (κ2) is 6.79. The SMILES string of the molecule is CNc1nc(N2CCN(c3ccccn3)CC2)nc2c1C(=O)CC(C)(C)C2. The molecule has 3 heterocycles. The summed E-state index contributed by atoms with van der Waals surface area (Å²) >= 11 is 0. The molecule has 0 aromatic carbocycles. The molecule has 142 valence electrons. The molecule has 0 radical (unpaired) electrons. The van der Waals surface area contributed by atoms with E-state index in [0.29, 0.717) is 23.8 Å². The van der Waals surface area contributed by atoms with Crippen molar-refractivity contribution in [2.45, 2.75) is 26.7 Å². The second-order valence-corrected chi connectivity index (χ2v) is 8.05. The highest BCUT2D eigenvalue weighted by molar-refractivity contribution is 6.03. The van der Waals surface area contributed by atoms with Gasteiger partial charge in [-0.15, -0.1) is 0 Å². The Kier molecular flexibility index (Phi) is 4.45. The van der Waals surface area contributed by atoms with Crippen LogP contribution in [0.2, 0.25) is 0 Å². The molecule has 1 aliphatic heterocycles. The van der Waals surface area contributed by atoms with Gasteiger partial charge in [0.1, 0.15) is 11.6 Å². The summed E-state index contributed by atoms with van der Waals surface area (Å²) in [5, 5.41) is 3.11. The van der Waals surface area contributed by atoms with Gasteiger partial charge >= 0.3 is 0 Å². The predicted molar refractivity (Wildman–Crippen MR) is 107 cm³/mol. The molecular formula is C20H26N6O. The molecular weight excluding hydrogens is 340 g/mol. The third kappa shape index (κ3) is 3.46. The molecule has 1 fully saturated rings. The lowest BCUT2D eigenvalue weighted by Crippen LogP contribution is -2.47. The fourth-order valence-corrected chi connectivity index (χ4v) is 3.95. The van der Waals surface area contributed by atoms with Crippen LogP contribution in [-0.2, 0) is 6.42 Å². The normalized spacial score (nSPS) is 19.0. The first kappa shape index (κ1) is 17.7. The molecule has 4 rings (SSSR count). The van der Waals surface area contributed by atoms with Gasteiger partial charge in [0.15, 0.2) is 5.78 Å². The number of nitrogens with one attached hydrogen (secondary N) is 1. The Morgan fingerprint density at radius 1 is 1.04 bits per heavy atom. The summed E-state index contributed by atoms with van der Waals surface area (Å²) in [4.78, 5) is 31.0. The minimum absolute atomic E-state index is 0.0571. The maximum Gasteiger partial charge on any atom is 0.227 e. The molecule has 7 nitrogen and oxygen atoms in total. The van der Waals surface area contributed by atoms with Crippen LogP contribution < -0.4 is 15.1 Å². The fraction of sp³-hybridized carbons (Fsp3) is 0.500. The summed E-state index contributed by atoms with van der Waals surface area (Å²) in [6.07, 6.45) is 3.17. The summed E-state index contributed by atoms with van der Waals surface area (Å²) in [5.41, 5.74) is 1.49. The lowest BCUT2D eigenvalue weighted by atomic mass is 9.76. The van der Waals surface area contributed by atoms with E-state index in [4.69, 9.17) is 4.98 Å². The Balaban J connectivity index is 1.57. The molecule has 0 spiro atoms. The number of Topliss-reactive ketones (excluding diaryl/α,β-unsaturated/α-hetero) is 1. The van der Waals surface area contributed by atoms with Crippen molar-refractivity contribution in [1.82, 2.24) is 15.0 Å². The van der Waals surface area contributed by atoms with Gasteiger partial charge in [-0.1, -0.05) is 19.9 Å². The highest BCUT2D eigenvalue weighted by atomic mass is 16.1. The summed E-state index contributed by atoms with van der Waals surface area (Å²) in [7, 11) is 1.82. The van der Waals surface area contributed by atoms with Crippen LogP contribution in [0.15, 0.2) is 24.4 Å². The first-order chi connectivity index (χ1) is 13.0. The summed E-state index contributed by atoms with van der Waals surface area (Å²) in [6, 6.07) is 5.99. The molecule has 0 bridgehead atoms. The second-order valence-electron chi connectivity index (χ2n) is 8.05. The molecule has 1 aliphatic carbocycles. The number of pyridine rings is 1. The van der Waals surface area contributed by atoms with E-state index in [1.807, 2.05) is 31.4 Å². The van der Waals surface area contributed by atoms with Crippen molar-refractivity contribution in [3.8, 4) is 0 Å². The van der Waals surface area contributed by atoms with Gasteiger partial charge in [0, 0.05) is 45.8 Å². The summed E-state index contributed by atoms with van der Waals surface area (Å²) in [5.74, 6) is 2.51. The number of hydrogen-bond acceptors (Lipinski definition) is 7. The standard InChI is InChI=1S/C20H26N6O/c1-20(2)12-14-17(15(27)13-20)18(21-3)24-19(23-14)26-10-8-25(9-11-26)16-6-4-5-7-22-16/h4-7H,8-13H2,1-3H3,(H,21,23,24). The van der Waals surface area contributed by atoms with Crippen LogP contribution in [-0.4, -0.2) is 54.0 Å². The van der Waals surface area contributed by atoms with Crippen LogP contribution >= 0.6 is 0 Å². The Labute approximate surface area is 159 Å². The quantitative estimate of drug-likeness (QED) is 0.894. The van der Waals surface area contributed by atoms with Crippen molar-refractivity contribution in [3.63, 3.8) is 0 Å². The van der Waals surface area contributed by atoms with Gasteiger partial charge in [-0.2, -0.15) is 4.98 Å². The van der Waals surface area contributed by atoms with Gasteiger partial charge in [0.25, 0.3) is 0 Å².